The molecule has 0 aromatic rings. The number of esters is 1. The molecule has 0 saturated carbocycles. The molecule has 1 amide bonds. The number of carbonyl (C=O) groups is 2. The second-order valence-electron chi connectivity index (χ2n) is 16.6. The first kappa shape index (κ1) is 57.8. The number of nitrogens with one attached hydrogen (secondary N) is 1. The summed E-state index contributed by atoms with van der Waals surface area (Å²) in [6.07, 6.45) is 63.2. The van der Waals surface area contributed by atoms with Gasteiger partial charge in [0, 0.05) is 6.42 Å². The fourth-order valence-electron chi connectivity index (χ4n) is 6.90. The van der Waals surface area contributed by atoms with E-state index in [1.165, 1.54) is 83.5 Å². The quantitative estimate of drug-likeness (QED) is 0.0246. The molecule has 0 spiro atoms. The van der Waals surface area contributed by atoms with Crippen molar-refractivity contribution in [2.45, 2.75) is 232 Å². The van der Waals surface area contributed by atoms with Gasteiger partial charge in [-0.25, -0.2) is 0 Å². The highest BCUT2D eigenvalue weighted by atomic mass is 16.5. The lowest BCUT2D eigenvalue weighted by Gasteiger charge is -2.24. The van der Waals surface area contributed by atoms with E-state index in [2.05, 4.69) is 105 Å². The normalized spacial score (nSPS) is 14.1. The summed E-state index contributed by atoms with van der Waals surface area (Å²) in [5.41, 5.74) is 0. The Balaban J connectivity index is 4.80. The molecule has 0 aromatic heterocycles. The monoisotopic (exact) mass is 848 g/mol. The Bertz CT molecular complexity index is 1220. The molecule has 3 unspecified atom stereocenters. The summed E-state index contributed by atoms with van der Waals surface area (Å²) in [5, 5.41) is 23.6. The maximum Gasteiger partial charge on any atom is 0.306 e. The number of aliphatic hydroxyl groups is 2. The van der Waals surface area contributed by atoms with Gasteiger partial charge < -0.3 is 20.3 Å². The highest BCUT2D eigenvalue weighted by Gasteiger charge is 2.24. The lowest BCUT2D eigenvalue weighted by atomic mass is 10.0. The zero-order valence-electron chi connectivity index (χ0n) is 39.5. The molecule has 0 radical (unpaired) electrons. The summed E-state index contributed by atoms with van der Waals surface area (Å²) in [6, 6.07) is -0.730. The Hall–Kier alpha value is -3.22. The first-order valence-electron chi connectivity index (χ1n) is 25.0. The minimum Gasteiger partial charge on any atom is -0.462 e. The van der Waals surface area contributed by atoms with Crippen molar-refractivity contribution in [2.75, 3.05) is 6.61 Å². The molecule has 6 nitrogen and oxygen atoms in total. The number of allylic oxidation sites excluding steroid dienone is 16. The van der Waals surface area contributed by atoms with Crippen LogP contribution < -0.4 is 5.32 Å². The first-order chi connectivity index (χ1) is 30.0. The van der Waals surface area contributed by atoms with Gasteiger partial charge >= 0.3 is 5.97 Å². The topological polar surface area (TPSA) is 95.9 Å². The van der Waals surface area contributed by atoms with Crippen LogP contribution in [0.15, 0.2) is 97.2 Å². The lowest BCUT2D eigenvalue weighted by molar-refractivity contribution is -0.151. The van der Waals surface area contributed by atoms with E-state index in [4.69, 9.17) is 4.74 Å². The van der Waals surface area contributed by atoms with E-state index in [9.17, 15) is 19.8 Å². The third-order valence-electron chi connectivity index (χ3n) is 10.7. The van der Waals surface area contributed by atoms with Crippen LogP contribution in [0.1, 0.15) is 213 Å². The standard InChI is InChI=1S/C55H93NO5/c1-4-7-10-13-16-19-21-23-25-27-29-31-33-36-39-42-45-48-55(60)61-51(46-43-40-37-35-32-30-28-26-24-22-20-17-14-11-8-5-2)49-54(59)56-52(50-57)53(58)47-44-41-38-34-18-15-12-9-6-3/h16-17,19-20,22-26,28-32,36,39,51-53,57-58H,4-15,18,21,27,33-35,37-38,40-50H2,1-3H3,(H,56,59)/b19-16-,20-17+,24-22+,25-23-,28-26+,31-29-,32-30+,39-36-. The van der Waals surface area contributed by atoms with Crippen LogP contribution >= 0.6 is 0 Å². The first-order valence-corrected chi connectivity index (χ1v) is 25.0. The summed E-state index contributed by atoms with van der Waals surface area (Å²) in [6.45, 7) is 6.36. The maximum absolute atomic E-state index is 13.2. The molecular formula is C55H93NO5. The van der Waals surface area contributed by atoms with Crippen molar-refractivity contribution >= 4 is 11.9 Å². The summed E-state index contributed by atoms with van der Waals surface area (Å²) in [7, 11) is 0. The summed E-state index contributed by atoms with van der Waals surface area (Å²) < 4.78 is 5.88. The van der Waals surface area contributed by atoms with E-state index in [0.29, 0.717) is 25.7 Å². The van der Waals surface area contributed by atoms with Crippen molar-refractivity contribution in [1.29, 1.82) is 0 Å². The molecule has 0 heterocycles. The van der Waals surface area contributed by atoms with Crippen molar-refractivity contribution < 1.29 is 24.5 Å². The van der Waals surface area contributed by atoms with Crippen molar-refractivity contribution in [3.63, 3.8) is 0 Å². The number of amides is 1. The van der Waals surface area contributed by atoms with Crippen LogP contribution in [0.2, 0.25) is 0 Å². The largest absolute Gasteiger partial charge is 0.462 e. The predicted molar refractivity (Wildman–Crippen MR) is 264 cm³/mol. The van der Waals surface area contributed by atoms with Crippen LogP contribution in [0.25, 0.3) is 0 Å². The molecule has 348 valence electrons. The number of rotatable bonds is 43. The van der Waals surface area contributed by atoms with Crippen molar-refractivity contribution in [2.24, 2.45) is 0 Å². The molecule has 0 aliphatic heterocycles. The Morgan fingerprint density at radius 2 is 0.902 bits per heavy atom. The van der Waals surface area contributed by atoms with Crippen LogP contribution in [-0.4, -0.2) is 46.9 Å². The van der Waals surface area contributed by atoms with E-state index in [0.717, 1.165) is 77.0 Å². The van der Waals surface area contributed by atoms with E-state index in [1.807, 2.05) is 18.2 Å². The maximum atomic E-state index is 13.2. The Kier molecular flexibility index (Phi) is 45.3. The van der Waals surface area contributed by atoms with Gasteiger partial charge in [-0.2, -0.15) is 0 Å². The van der Waals surface area contributed by atoms with E-state index in [-0.39, 0.29) is 24.9 Å². The molecule has 0 saturated heterocycles. The third-order valence-corrected chi connectivity index (χ3v) is 10.7. The fraction of sp³-hybridized carbons (Fsp3) is 0.673. The van der Waals surface area contributed by atoms with E-state index in [1.54, 1.807) is 0 Å². The summed E-state index contributed by atoms with van der Waals surface area (Å²) >= 11 is 0. The molecule has 0 bridgehead atoms. The number of aliphatic hydroxyl groups excluding tert-OH is 2. The van der Waals surface area contributed by atoms with Crippen LogP contribution in [0, 0.1) is 0 Å². The number of carbonyl (C=O) groups excluding carboxylic acids is 2. The molecule has 0 aliphatic rings. The molecule has 0 aliphatic carbocycles. The second kappa shape index (κ2) is 47.8. The molecule has 3 atom stereocenters. The lowest BCUT2D eigenvalue weighted by Crippen LogP contribution is -2.46. The average Bonchev–Trinajstić information content (AvgIpc) is 3.25. The number of unbranched alkanes of at least 4 members (excludes halogenated alkanes) is 18. The van der Waals surface area contributed by atoms with Gasteiger partial charge in [0.1, 0.15) is 6.10 Å². The second-order valence-corrected chi connectivity index (χ2v) is 16.6. The molecular weight excluding hydrogens is 755 g/mol. The van der Waals surface area contributed by atoms with Crippen molar-refractivity contribution in [3.8, 4) is 0 Å². The van der Waals surface area contributed by atoms with Gasteiger partial charge in [0.25, 0.3) is 0 Å². The van der Waals surface area contributed by atoms with Crippen LogP contribution in [0.3, 0.4) is 0 Å². The average molecular weight is 848 g/mol. The number of hydrogen-bond donors (Lipinski definition) is 3. The van der Waals surface area contributed by atoms with Gasteiger partial charge in [0.2, 0.25) is 5.91 Å². The Morgan fingerprint density at radius 1 is 0.492 bits per heavy atom. The van der Waals surface area contributed by atoms with Gasteiger partial charge in [0.15, 0.2) is 0 Å². The number of ether oxygens (including phenoxy) is 1. The van der Waals surface area contributed by atoms with Gasteiger partial charge in [-0.3, -0.25) is 9.59 Å². The zero-order chi connectivity index (χ0) is 44.5. The van der Waals surface area contributed by atoms with E-state index < -0.39 is 18.2 Å². The smallest absolute Gasteiger partial charge is 0.306 e. The molecule has 0 rings (SSSR count). The van der Waals surface area contributed by atoms with E-state index >= 15 is 0 Å². The van der Waals surface area contributed by atoms with Crippen LogP contribution in [-0.2, 0) is 14.3 Å². The predicted octanol–water partition coefficient (Wildman–Crippen LogP) is 14.9. The minimum atomic E-state index is -0.812. The molecule has 61 heavy (non-hydrogen) atoms. The van der Waals surface area contributed by atoms with Crippen LogP contribution in [0.4, 0.5) is 0 Å². The van der Waals surface area contributed by atoms with Crippen LogP contribution in [0.5, 0.6) is 0 Å². The molecule has 0 fully saturated rings. The third kappa shape index (κ3) is 43.2. The van der Waals surface area contributed by atoms with Gasteiger partial charge in [-0.15, -0.1) is 0 Å². The SMILES string of the molecule is CCCCC/C=C\C/C=C\C/C=C\C/C=C\CCCC(=O)OC(CCCCC/C=C/C=C/C=C/C=C/CCCCC)CC(=O)NC(CO)C(O)CCCCCCCCCCC. The Morgan fingerprint density at radius 3 is 1.44 bits per heavy atom. The number of hydrogen-bond acceptors (Lipinski definition) is 5. The summed E-state index contributed by atoms with van der Waals surface area (Å²) in [5.74, 6) is -0.589. The molecule has 6 heteroatoms. The summed E-state index contributed by atoms with van der Waals surface area (Å²) in [4.78, 5) is 26.1. The fourth-order valence-corrected chi connectivity index (χ4v) is 6.90. The highest BCUT2D eigenvalue weighted by molar-refractivity contribution is 5.77. The Labute approximate surface area is 376 Å². The van der Waals surface area contributed by atoms with Crippen molar-refractivity contribution in [1.82, 2.24) is 5.32 Å². The minimum absolute atomic E-state index is 0.0241. The van der Waals surface area contributed by atoms with Gasteiger partial charge in [-0.05, 0) is 89.9 Å². The zero-order valence-corrected chi connectivity index (χ0v) is 39.5. The van der Waals surface area contributed by atoms with Crippen molar-refractivity contribution in [3.05, 3.63) is 97.2 Å². The van der Waals surface area contributed by atoms with Gasteiger partial charge in [-0.1, -0.05) is 208 Å². The van der Waals surface area contributed by atoms with Gasteiger partial charge in [0.05, 0.1) is 25.2 Å². The molecule has 0 aromatic carbocycles. The highest BCUT2D eigenvalue weighted by Crippen LogP contribution is 2.16. The molecule has 3 N–H and O–H groups in total.